The number of ether oxygens (including phenoxy) is 3. The van der Waals surface area contributed by atoms with E-state index < -0.39 is 65.8 Å². The quantitative estimate of drug-likeness (QED) is 0.0132. The van der Waals surface area contributed by atoms with Gasteiger partial charge in [0.25, 0.3) is 11.8 Å². The van der Waals surface area contributed by atoms with Gasteiger partial charge in [0, 0.05) is 63.7 Å². The first kappa shape index (κ1) is 69.1. The molecule has 23 nitrogen and oxygen atoms in total. The number of anilines is 1. The van der Waals surface area contributed by atoms with Crippen molar-refractivity contribution in [2.75, 3.05) is 70.6 Å². The first-order valence-electron chi connectivity index (χ1n) is 31.3. The molecule has 9 N–H and O–H groups in total. The number of rotatable bonds is 29. The van der Waals surface area contributed by atoms with Crippen molar-refractivity contribution in [1.29, 1.82) is 10.8 Å². The van der Waals surface area contributed by atoms with Crippen molar-refractivity contribution in [2.24, 2.45) is 17.0 Å². The van der Waals surface area contributed by atoms with E-state index in [0.717, 1.165) is 22.1 Å². The highest BCUT2D eigenvalue weighted by atomic mass is 16.6. The normalized spacial score (nSPS) is 17.5. The Morgan fingerprint density at radius 2 is 1.31 bits per heavy atom. The number of morpholine rings is 1. The first-order chi connectivity index (χ1) is 43.0. The van der Waals surface area contributed by atoms with Crippen LogP contribution < -0.4 is 36.2 Å². The summed E-state index contributed by atoms with van der Waals surface area (Å²) in [7, 11) is 0. The van der Waals surface area contributed by atoms with Crippen molar-refractivity contribution >= 4 is 58.5 Å². The second-order valence-electron chi connectivity index (χ2n) is 24.6. The molecule has 0 radical (unpaired) electrons. The van der Waals surface area contributed by atoms with Gasteiger partial charge in [-0.05, 0) is 104 Å². The Balaban J connectivity index is 0.994. The van der Waals surface area contributed by atoms with Gasteiger partial charge >= 0.3 is 0 Å². The number of amides is 6. The number of likely N-dealkylation sites (tertiary alicyclic amines) is 1. The van der Waals surface area contributed by atoms with E-state index in [2.05, 4.69) is 31.7 Å². The van der Waals surface area contributed by atoms with Gasteiger partial charge in [-0.25, -0.2) is 0 Å². The summed E-state index contributed by atoms with van der Waals surface area (Å²) in [6.45, 7) is 18.3. The van der Waals surface area contributed by atoms with Crippen molar-refractivity contribution in [3.05, 3.63) is 119 Å². The number of epoxide rings is 1. The van der Waals surface area contributed by atoms with Crippen LogP contribution in [0, 0.1) is 22.7 Å². The van der Waals surface area contributed by atoms with Crippen molar-refractivity contribution in [1.82, 2.24) is 36.4 Å². The van der Waals surface area contributed by atoms with E-state index in [-0.39, 0.29) is 103 Å². The van der Waals surface area contributed by atoms with Gasteiger partial charge < -0.3 is 60.7 Å². The van der Waals surface area contributed by atoms with Crippen LogP contribution in [0.2, 0.25) is 0 Å². The molecule has 5 unspecified atom stereocenters. The summed E-state index contributed by atoms with van der Waals surface area (Å²) in [5.41, 5.74) is 2.01. The molecule has 5 atom stereocenters. The molecule has 6 amide bonds. The maximum absolute atomic E-state index is 14.8. The number of likely N-dealkylation sites (N-methyl/N-ethyl adjacent to an activating group) is 1. The average Bonchev–Trinajstić information content (AvgIpc) is 1.35. The number of carbonyl (C=O) groups excluding carboxylic acids is 6. The number of benzene rings is 4. The molecule has 3 fully saturated rings. The van der Waals surface area contributed by atoms with Crippen LogP contribution in [0.5, 0.6) is 17.2 Å². The number of aromatic hydroxyl groups is 2. The molecule has 0 aromatic heterocycles. The van der Waals surface area contributed by atoms with Gasteiger partial charge in [0.15, 0.2) is 12.4 Å². The third kappa shape index (κ3) is 20.0. The number of piperidine rings is 1. The van der Waals surface area contributed by atoms with E-state index in [1.54, 1.807) is 36.1 Å². The van der Waals surface area contributed by atoms with Crippen molar-refractivity contribution in [3.63, 3.8) is 0 Å². The summed E-state index contributed by atoms with van der Waals surface area (Å²) < 4.78 is 17.7. The number of phenols is 2. The zero-order valence-corrected chi connectivity index (χ0v) is 53.1. The number of hydrogen-bond donors (Lipinski definition) is 9. The highest BCUT2D eigenvalue weighted by molar-refractivity contribution is 6.48. The molecular weight excluding hydrogens is 1150 g/mol. The third-order valence-electron chi connectivity index (χ3n) is 16.0. The Bertz CT molecular complexity index is 3130. The topological polar surface area (TPSA) is 313 Å². The molecule has 0 aliphatic carbocycles. The van der Waals surface area contributed by atoms with Gasteiger partial charge in [-0.2, -0.15) is 0 Å². The van der Waals surface area contributed by atoms with E-state index in [9.17, 15) is 39.0 Å². The first-order valence-corrected chi connectivity index (χ1v) is 31.3. The van der Waals surface area contributed by atoms with Gasteiger partial charge in [0.2, 0.25) is 23.6 Å². The minimum Gasteiger partial charge on any atom is -0.508 e. The smallest absolute Gasteiger partial charge is 0.287 e. The Morgan fingerprint density at radius 3 is 1.91 bits per heavy atom. The highest BCUT2D eigenvalue weighted by Crippen LogP contribution is 2.35. The molecule has 486 valence electrons. The van der Waals surface area contributed by atoms with Crippen LogP contribution in [0.3, 0.4) is 0 Å². The zero-order valence-electron chi connectivity index (χ0n) is 53.1. The van der Waals surface area contributed by atoms with Crippen molar-refractivity contribution < 1.29 is 58.0 Å². The van der Waals surface area contributed by atoms with E-state index in [4.69, 9.17) is 29.9 Å². The predicted octanol–water partition coefficient (Wildman–Crippen LogP) is 5.94. The standard InChI is InChI=1S/C67H91N11O12/c1-9-70-66(86)62(69)78(61(68)51-37-50(44(6)7)56(79)38-57(51)80)47-21-23-48(24-22-47)90-49-26-28-77(29-27-49)59(82)40-89-75-60(67(8)41-88-67)53(34-42(2)3)72-65(85)55(36-46-18-14-11-15-19-46)74-64(84)54(35-43(4)5)73-63(83)52(25-20-45-16-12-10-13-17-45)71-58(81)39-76-30-32-87-33-31-76/h10-19,21-24,37-38,42-44,49,52-55,68-69,79-80H,9,20,25-36,39-41H2,1-8H3,(H,70,86)(H,71,81)(H,72,85)(H,73,83)(H,74,84). The Labute approximate surface area is 528 Å². The van der Waals surface area contributed by atoms with Gasteiger partial charge in [-0.3, -0.25) is 49.4 Å². The summed E-state index contributed by atoms with van der Waals surface area (Å²) in [5, 5.41) is 58.3. The predicted molar refractivity (Wildman–Crippen MR) is 343 cm³/mol. The lowest BCUT2D eigenvalue weighted by atomic mass is 9.92. The fraction of sp³-hybridized carbons (Fsp3) is 0.507. The third-order valence-corrected chi connectivity index (χ3v) is 16.0. The van der Waals surface area contributed by atoms with E-state index >= 15 is 0 Å². The average molecular weight is 1240 g/mol. The second-order valence-corrected chi connectivity index (χ2v) is 24.6. The number of aryl methyl sites for hydroxylation is 1. The fourth-order valence-electron chi connectivity index (χ4n) is 10.9. The summed E-state index contributed by atoms with van der Waals surface area (Å²) in [5.74, 6) is -4.07. The van der Waals surface area contributed by atoms with Crippen LogP contribution in [-0.4, -0.2) is 174 Å². The number of nitrogens with one attached hydrogen (secondary N) is 7. The minimum atomic E-state index is -1.12. The van der Waals surface area contributed by atoms with E-state index in [1.807, 2.05) is 114 Å². The molecular formula is C67H91N11O12. The molecule has 4 aromatic carbocycles. The maximum atomic E-state index is 14.8. The number of carbonyl (C=O) groups is 6. The van der Waals surface area contributed by atoms with Gasteiger partial charge in [-0.15, -0.1) is 0 Å². The number of phenolic OH excluding ortho intramolecular Hbond substituents is 2. The largest absolute Gasteiger partial charge is 0.508 e. The van der Waals surface area contributed by atoms with Crippen LogP contribution >= 0.6 is 0 Å². The molecule has 90 heavy (non-hydrogen) atoms. The van der Waals surface area contributed by atoms with E-state index in [0.29, 0.717) is 82.1 Å². The minimum absolute atomic E-state index is 0.0186. The van der Waals surface area contributed by atoms with E-state index in [1.165, 1.54) is 6.07 Å². The number of amidine groups is 2. The Hall–Kier alpha value is -8.41. The lowest BCUT2D eigenvalue weighted by Gasteiger charge is -2.32. The van der Waals surface area contributed by atoms with Crippen molar-refractivity contribution in [3.8, 4) is 17.2 Å². The molecule has 4 aromatic rings. The monoisotopic (exact) mass is 1240 g/mol. The van der Waals surface area contributed by atoms with Crippen LogP contribution in [-0.2, 0) is 55.9 Å². The summed E-state index contributed by atoms with van der Waals surface area (Å²) in [6.07, 6.45) is 2.24. The lowest BCUT2D eigenvalue weighted by Crippen LogP contribution is -2.59. The van der Waals surface area contributed by atoms with Crippen LogP contribution in [0.1, 0.15) is 116 Å². The molecule has 7 rings (SSSR count). The molecule has 0 bridgehead atoms. The van der Waals surface area contributed by atoms with Crippen LogP contribution in [0.15, 0.2) is 102 Å². The summed E-state index contributed by atoms with van der Waals surface area (Å²) in [4.78, 5) is 94.6. The number of hydrogen-bond acceptors (Lipinski definition) is 16. The van der Waals surface area contributed by atoms with Crippen LogP contribution in [0.4, 0.5) is 5.69 Å². The van der Waals surface area contributed by atoms with Gasteiger partial charge in [0.05, 0.1) is 38.0 Å². The second kappa shape index (κ2) is 32.9. The Kier molecular flexibility index (Phi) is 25.2. The van der Waals surface area contributed by atoms with Crippen LogP contribution in [0.25, 0.3) is 0 Å². The Morgan fingerprint density at radius 1 is 0.733 bits per heavy atom. The molecule has 3 aliphatic heterocycles. The van der Waals surface area contributed by atoms with Gasteiger partial charge in [-0.1, -0.05) is 107 Å². The SMILES string of the molecule is CCNC(=O)C(=N)N(C(=N)c1cc(C(C)C)c(O)cc1O)c1ccc(OC2CCN(C(=O)CON=C(C(CC(C)C)NC(=O)C(Cc3ccccc3)NC(=O)C(CC(C)C)NC(=O)C(CCc3ccccc3)NC(=O)CN3CCOCC3)C3(C)CO3)CC2)cc1. The molecule has 0 saturated carbocycles. The van der Waals surface area contributed by atoms with Gasteiger partial charge in [0.1, 0.15) is 58.6 Å². The summed E-state index contributed by atoms with van der Waals surface area (Å²) >= 11 is 0. The molecule has 3 aliphatic rings. The zero-order chi connectivity index (χ0) is 65.1. The molecule has 0 spiro atoms. The highest BCUT2D eigenvalue weighted by Gasteiger charge is 2.49. The lowest BCUT2D eigenvalue weighted by molar-refractivity contribution is -0.138. The summed E-state index contributed by atoms with van der Waals surface area (Å²) in [6, 6.07) is 24.2. The number of nitrogens with zero attached hydrogens (tertiary/aromatic N) is 4. The molecule has 3 heterocycles. The number of oxime groups is 1. The molecule has 23 heteroatoms. The maximum Gasteiger partial charge on any atom is 0.287 e. The fourth-order valence-corrected chi connectivity index (χ4v) is 10.9. The molecule has 3 saturated heterocycles. The van der Waals surface area contributed by atoms with Crippen molar-refractivity contribution in [2.45, 2.75) is 142 Å².